The molecule has 0 unspecified atom stereocenters. The second kappa shape index (κ2) is 4.83. The van der Waals surface area contributed by atoms with Crippen molar-refractivity contribution < 1.29 is 19.7 Å². The zero-order valence-corrected chi connectivity index (χ0v) is 15.3. The first kappa shape index (κ1) is 16.5. The van der Waals surface area contributed by atoms with Gasteiger partial charge in [0.05, 0.1) is 16.8 Å². The van der Waals surface area contributed by atoms with E-state index < -0.39 is 22.9 Å². The van der Waals surface area contributed by atoms with Crippen LogP contribution in [-0.4, -0.2) is 34.2 Å². The maximum atomic E-state index is 13.3. The lowest BCUT2D eigenvalue weighted by atomic mass is 9.76. The minimum Gasteiger partial charge on any atom is -0.326 e. The van der Waals surface area contributed by atoms with Gasteiger partial charge in [0.2, 0.25) is 17.4 Å². The summed E-state index contributed by atoms with van der Waals surface area (Å²) in [5.74, 6) is -1.96. The number of anilines is 1. The Hall–Kier alpha value is -1.92. The third-order valence-corrected chi connectivity index (χ3v) is 5.99. The number of carbonyl (C=O) groups excluding carboxylic acids is 3. The molecule has 7 heteroatoms. The summed E-state index contributed by atoms with van der Waals surface area (Å²) in [7, 11) is 0. The van der Waals surface area contributed by atoms with Crippen molar-refractivity contribution in [3.63, 3.8) is 0 Å². The molecule has 6 nitrogen and oxygen atoms in total. The lowest BCUT2D eigenvalue weighted by Gasteiger charge is -2.33. The number of nitrogens with zero attached hydrogens (tertiary/aromatic N) is 1. The number of nitrogens with one attached hydrogen (secondary N) is 1. The van der Waals surface area contributed by atoms with Crippen LogP contribution in [0.1, 0.15) is 33.3 Å². The van der Waals surface area contributed by atoms with Crippen LogP contribution >= 0.6 is 11.6 Å². The van der Waals surface area contributed by atoms with Crippen LogP contribution in [0.2, 0.25) is 5.02 Å². The minimum absolute atomic E-state index is 0.176. The molecule has 4 atom stereocenters. The average Bonchev–Trinajstić information content (AvgIpc) is 3.05. The highest BCUT2D eigenvalue weighted by molar-refractivity contribution is 6.35. The van der Waals surface area contributed by atoms with Gasteiger partial charge in [-0.3, -0.25) is 19.3 Å². The van der Waals surface area contributed by atoms with E-state index in [4.69, 9.17) is 11.6 Å². The quantitative estimate of drug-likeness (QED) is 0.671. The highest BCUT2D eigenvalue weighted by atomic mass is 35.5. The Morgan fingerprint density at radius 2 is 1.88 bits per heavy atom. The van der Waals surface area contributed by atoms with E-state index in [-0.39, 0.29) is 23.8 Å². The molecule has 1 spiro atoms. The monoisotopic (exact) mass is 362 g/mol. The van der Waals surface area contributed by atoms with Gasteiger partial charge < -0.3 is 10.6 Å². The summed E-state index contributed by atoms with van der Waals surface area (Å²) in [5.41, 5.74) is -0.503. The van der Waals surface area contributed by atoms with Crippen LogP contribution in [0.25, 0.3) is 0 Å². The Bertz CT molecular complexity index is 831. The fourth-order valence-electron chi connectivity index (χ4n) is 4.79. The summed E-state index contributed by atoms with van der Waals surface area (Å²) in [5, 5.41) is 5.15. The van der Waals surface area contributed by atoms with Crippen molar-refractivity contribution >= 4 is 35.0 Å². The van der Waals surface area contributed by atoms with E-state index in [9.17, 15) is 14.4 Å². The van der Waals surface area contributed by atoms with Gasteiger partial charge in [0.25, 0.3) is 5.91 Å². The number of hydrogen-bond donors (Lipinski definition) is 2. The molecular formula is C18H21ClN3O3+. The van der Waals surface area contributed by atoms with Gasteiger partial charge in [0, 0.05) is 11.1 Å². The standard InChI is InChI=1S/C18H20ClN3O3/c1-8-11-12(15(24)22(14(11)23)17(2,3)4)18(21-8)9-6-5-7-10(19)13(9)20-16(18)25/h5-8,11-12,21H,1-4H3,(H,20,25)/p+1/t8-,11+,12-,18-/m0/s1. The third kappa shape index (κ3) is 1.87. The van der Waals surface area contributed by atoms with Crippen molar-refractivity contribution in [2.24, 2.45) is 11.8 Å². The van der Waals surface area contributed by atoms with Crippen LogP contribution in [0.3, 0.4) is 0 Å². The molecule has 132 valence electrons. The summed E-state index contributed by atoms with van der Waals surface area (Å²) in [6.45, 7) is 7.42. The van der Waals surface area contributed by atoms with Crippen molar-refractivity contribution in [3.05, 3.63) is 28.8 Å². The van der Waals surface area contributed by atoms with E-state index in [0.29, 0.717) is 16.3 Å². The lowest BCUT2D eigenvalue weighted by molar-refractivity contribution is -0.730. The highest BCUT2D eigenvalue weighted by Gasteiger charge is 2.74. The summed E-state index contributed by atoms with van der Waals surface area (Å²) >= 11 is 6.25. The number of nitrogens with two attached hydrogens (primary N) is 1. The smallest absolute Gasteiger partial charge is 0.291 e. The van der Waals surface area contributed by atoms with E-state index in [2.05, 4.69) is 5.32 Å². The summed E-state index contributed by atoms with van der Waals surface area (Å²) < 4.78 is 0. The predicted octanol–water partition coefficient (Wildman–Crippen LogP) is 0.853. The number of carbonyl (C=O) groups is 3. The summed E-state index contributed by atoms with van der Waals surface area (Å²) in [4.78, 5) is 40.6. The second-order valence-corrected chi connectivity index (χ2v) is 8.60. The number of quaternary nitrogens is 1. The summed E-state index contributed by atoms with van der Waals surface area (Å²) in [6, 6.07) is 5.13. The lowest BCUT2D eigenvalue weighted by Crippen LogP contribution is -2.98. The average molecular weight is 363 g/mol. The van der Waals surface area contributed by atoms with Crippen molar-refractivity contribution in [1.82, 2.24) is 4.90 Å². The first-order chi connectivity index (χ1) is 11.6. The molecule has 3 aliphatic heterocycles. The van der Waals surface area contributed by atoms with Gasteiger partial charge in [0.1, 0.15) is 11.8 Å². The third-order valence-electron chi connectivity index (χ3n) is 5.68. The fraction of sp³-hybridized carbons (Fsp3) is 0.500. The maximum absolute atomic E-state index is 13.3. The van der Waals surface area contributed by atoms with Crippen LogP contribution < -0.4 is 10.6 Å². The zero-order valence-electron chi connectivity index (χ0n) is 14.6. The second-order valence-electron chi connectivity index (χ2n) is 8.20. The van der Waals surface area contributed by atoms with Gasteiger partial charge in [-0.25, -0.2) is 0 Å². The maximum Gasteiger partial charge on any atom is 0.291 e. The van der Waals surface area contributed by atoms with E-state index >= 15 is 0 Å². The van der Waals surface area contributed by atoms with Crippen LogP contribution in [0, 0.1) is 11.8 Å². The van der Waals surface area contributed by atoms with Gasteiger partial charge in [-0.15, -0.1) is 0 Å². The zero-order chi connectivity index (χ0) is 18.3. The van der Waals surface area contributed by atoms with Crippen LogP contribution in [-0.2, 0) is 19.9 Å². The molecule has 3 heterocycles. The molecule has 2 fully saturated rings. The van der Waals surface area contributed by atoms with Gasteiger partial charge in [-0.2, -0.15) is 0 Å². The topological polar surface area (TPSA) is 83.1 Å². The van der Waals surface area contributed by atoms with Gasteiger partial charge in [0.15, 0.2) is 0 Å². The van der Waals surface area contributed by atoms with E-state index in [1.807, 2.05) is 39.1 Å². The van der Waals surface area contributed by atoms with Gasteiger partial charge in [-0.05, 0) is 39.8 Å². The molecule has 4 rings (SSSR count). The van der Waals surface area contributed by atoms with E-state index in [1.54, 1.807) is 12.1 Å². The van der Waals surface area contributed by atoms with Crippen LogP contribution in [0.5, 0.6) is 0 Å². The number of hydrogen-bond acceptors (Lipinski definition) is 3. The molecule has 0 aromatic heterocycles. The molecule has 1 aromatic carbocycles. The minimum atomic E-state index is -1.13. The first-order valence-corrected chi connectivity index (χ1v) is 8.83. The number of rotatable bonds is 0. The Balaban J connectivity index is 1.93. The number of likely N-dealkylation sites (tertiary alicyclic amines) is 1. The number of imide groups is 1. The number of para-hydroxylation sites is 1. The molecular weight excluding hydrogens is 342 g/mol. The Morgan fingerprint density at radius 1 is 1.20 bits per heavy atom. The molecule has 0 saturated carbocycles. The SMILES string of the molecule is C[C@@H]1[NH2+][C@]2(C(=O)Nc3c(Cl)cccc32)[C@@H]2C(=O)N(C(C)(C)C)C(=O)[C@H]12. The molecule has 3 aliphatic rings. The van der Waals surface area contributed by atoms with Gasteiger partial charge in [-0.1, -0.05) is 17.7 Å². The van der Waals surface area contributed by atoms with E-state index in [1.165, 1.54) is 4.90 Å². The van der Waals surface area contributed by atoms with E-state index in [0.717, 1.165) is 0 Å². The predicted molar refractivity (Wildman–Crippen MR) is 91.7 cm³/mol. The van der Waals surface area contributed by atoms with Crippen molar-refractivity contribution in [2.75, 3.05) is 5.32 Å². The summed E-state index contributed by atoms with van der Waals surface area (Å²) in [6.07, 6.45) is 0. The largest absolute Gasteiger partial charge is 0.326 e. The van der Waals surface area contributed by atoms with Crippen molar-refractivity contribution in [1.29, 1.82) is 0 Å². The molecule has 25 heavy (non-hydrogen) atoms. The number of benzene rings is 1. The highest BCUT2D eigenvalue weighted by Crippen LogP contribution is 2.51. The fourth-order valence-corrected chi connectivity index (χ4v) is 5.01. The molecule has 3 amide bonds. The van der Waals surface area contributed by atoms with Crippen LogP contribution in [0.4, 0.5) is 5.69 Å². The molecule has 0 bridgehead atoms. The molecule has 0 radical (unpaired) electrons. The van der Waals surface area contributed by atoms with Crippen molar-refractivity contribution in [2.45, 2.75) is 44.8 Å². The molecule has 3 N–H and O–H groups in total. The number of fused-ring (bicyclic) bond motifs is 4. The number of amides is 3. The Kier molecular flexibility index (Phi) is 3.19. The van der Waals surface area contributed by atoms with Gasteiger partial charge >= 0.3 is 0 Å². The number of halogens is 1. The first-order valence-electron chi connectivity index (χ1n) is 8.45. The normalized spacial score (nSPS) is 33.9. The molecule has 2 saturated heterocycles. The Morgan fingerprint density at radius 3 is 2.52 bits per heavy atom. The Labute approximate surface area is 150 Å². The molecule has 0 aliphatic carbocycles. The molecule has 1 aromatic rings. The van der Waals surface area contributed by atoms with Crippen LogP contribution in [0.15, 0.2) is 18.2 Å². The van der Waals surface area contributed by atoms with Crippen molar-refractivity contribution in [3.8, 4) is 0 Å².